The first-order valence-corrected chi connectivity index (χ1v) is 6.47. The van der Waals surface area contributed by atoms with E-state index >= 15 is 0 Å². The molecule has 0 aliphatic rings. The Kier molecular flexibility index (Phi) is 3.42. The fraction of sp³-hybridized carbons (Fsp3) is 0.0588. The number of nitrogens with zero attached hydrogens (tertiary/aromatic N) is 2. The summed E-state index contributed by atoms with van der Waals surface area (Å²) in [4.78, 5) is 0. The minimum Gasteiger partial charge on any atom is -0.505 e. The first kappa shape index (κ1) is 12.4. The van der Waals surface area contributed by atoms with E-state index in [1.54, 1.807) is 6.07 Å². The molecule has 0 spiro atoms. The van der Waals surface area contributed by atoms with Crippen molar-refractivity contribution in [3.63, 3.8) is 0 Å². The highest BCUT2D eigenvalue weighted by molar-refractivity contribution is 5.92. The van der Waals surface area contributed by atoms with Crippen molar-refractivity contribution >= 4 is 16.5 Å². The standard InChI is InChI=1S/C17H14N2O/c20-17-15-9-5-4-8-14(15)10-11-16(17)19-18-12-13-6-2-1-3-7-13/h1-11,20H,12H2. The van der Waals surface area contributed by atoms with Gasteiger partial charge in [-0.2, -0.15) is 10.2 Å². The Morgan fingerprint density at radius 3 is 2.40 bits per heavy atom. The number of benzene rings is 3. The highest BCUT2D eigenvalue weighted by Crippen LogP contribution is 2.34. The molecule has 0 radical (unpaired) electrons. The fourth-order valence-corrected chi connectivity index (χ4v) is 2.10. The number of hydrogen-bond donors (Lipinski definition) is 1. The molecule has 0 aromatic heterocycles. The zero-order valence-corrected chi connectivity index (χ0v) is 10.9. The summed E-state index contributed by atoms with van der Waals surface area (Å²) in [6.07, 6.45) is 0. The Balaban J connectivity index is 1.86. The summed E-state index contributed by atoms with van der Waals surface area (Å²) in [6.45, 7) is 0.507. The van der Waals surface area contributed by atoms with Crippen molar-refractivity contribution in [1.82, 2.24) is 0 Å². The number of phenolic OH excluding ortho intramolecular Hbond substituents is 1. The van der Waals surface area contributed by atoms with Gasteiger partial charge in [0.1, 0.15) is 5.69 Å². The van der Waals surface area contributed by atoms with E-state index in [0.717, 1.165) is 16.3 Å². The molecule has 3 aromatic rings. The largest absolute Gasteiger partial charge is 0.505 e. The van der Waals surface area contributed by atoms with E-state index in [4.69, 9.17) is 0 Å². The van der Waals surface area contributed by atoms with Crippen molar-refractivity contribution in [2.24, 2.45) is 10.2 Å². The summed E-state index contributed by atoms with van der Waals surface area (Å²) in [5, 5.41) is 20.3. The lowest BCUT2D eigenvalue weighted by Gasteiger charge is -2.03. The van der Waals surface area contributed by atoms with Crippen LogP contribution >= 0.6 is 0 Å². The van der Waals surface area contributed by atoms with Crippen LogP contribution in [0.5, 0.6) is 5.75 Å². The Bertz CT molecular complexity index is 751. The van der Waals surface area contributed by atoms with Crippen molar-refractivity contribution in [2.45, 2.75) is 6.54 Å². The van der Waals surface area contributed by atoms with Crippen molar-refractivity contribution in [2.75, 3.05) is 0 Å². The lowest BCUT2D eigenvalue weighted by Crippen LogP contribution is -1.78. The van der Waals surface area contributed by atoms with E-state index in [1.165, 1.54) is 0 Å². The molecule has 0 unspecified atom stereocenters. The average Bonchev–Trinajstić information content (AvgIpc) is 2.51. The Labute approximate surface area is 117 Å². The summed E-state index contributed by atoms with van der Waals surface area (Å²) in [5.41, 5.74) is 1.59. The molecule has 0 bridgehead atoms. The lowest BCUT2D eigenvalue weighted by atomic mass is 10.1. The normalized spacial score (nSPS) is 11.2. The van der Waals surface area contributed by atoms with Crippen LogP contribution in [0, 0.1) is 0 Å². The molecule has 3 aromatic carbocycles. The number of phenols is 1. The molecule has 0 amide bonds. The lowest BCUT2D eigenvalue weighted by molar-refractivity contribution is 0.482. The van der Waals surface area contributed by atoms with Gasteiger partial charge >= 0.3 is 0 Å². The van der Waals surface area contributed by atoms with Crippen LogP contribution in [0.15, 0.2) is 77.0 Å². The van der Waals surface area contributed by atoms with Gasteiger partial charge in [0.15, 0.2) is 5.75 Å². The van der Waals surface area contributed by atoms with E-state index in [9.17, 15) is 5.11 Å². The highest BCUT2D eigenvalue weighted by Gasteiger charge is 2.04. The topological polar surface area (TPSA) is 45.0 Å². The highest BCUT2D eigenvalue weighted by atomic mass is 16.3. The van der Waals surface area contributed by atoms with Gasteiger partial charge in [-0.05, 0) is 17.0 Å². The average molecular weight is 262 g/mol. The zero-order valence-electron chi connectivity index (χ0n) is 10.9. The summed E-state index contributed by atoms with van der Waals surface area (Å²) in [6, 6.07) is 21.3. The molecule has 3 heteroatoms. The Hall–Kier alpha value is -2.68. The molecule has 0 aliphatic heterocycles. The molecule has 0 saturated heterocycles. The molecule has 0 aliphatic carbocycles. The summed E-state index contributed by atoms with van der Waals surface area (Å²) < 4.78 is 0. The van der Waals surface area contributed by atoms with Crippen molar-refractivity contribution in [3.05, 3.63) is 72.3 Å². The van der Waals surface area contributed by atoms with Gasteiger partial charge in [0.2, 0.25) is 0 Å². The van der Waals surface area contributed by atoms with Gasteiger partial charge in [-0.15, -0.1) is 0 Å². The molecule has 1 N–H and O–H groups in total. The first-order chi connectivity index (χ1) is 9.84. The van der Waals surface area contributed by atoms with Crippen LogP contribution in [0.4, 0.5) is 5.69 Å². The number of azo groups is 1. The van der Waals surface area contributed by atoms with Gasteiger partial charge in [0.05, 0.1) is 6.54 Å². The first-order valence-electron chi connectivity index (χ1n) is 6.47. The van der Waals surface area contributed by atoms with E-state index in [0.29, 0.717) is 12.2 Å². The maximum atomic E-state index is 10.2. The Morgan fingerprint density at radius 2 is 1.55 bits per heavy atom. The number of rotatable bonds is 3. The van der Waals surface area contributed by atoms with Gasteiger partial charge in [-0.25, -0.2) is 0 Å². The molecule has 0 atom stereocenters. The van der Waals surface area contributed by atoms with E-state index in [2.05, 4.69) is 10.2 Å². The van der Waals surface area contributed by atoms with Crippen molar-refractivity contribution < 1.29 is 5.11 Å². The number of fused-ring (bicyclic) bond motifs is 1. The third-order valence-corrected chi connectivity index (χ3v) is 3.15. The van der Waals surface area contributed by atoms with Gasteiger partial charge in [-0.1, -0.05) is 60.7 Å². The minimum atomic E-state index is 0.180. The molecule has 20 heavy (non-hydrogen) atoms. The maximum absolute atomic E-state index is 10.2. The molecular weight excluding hydrogens is 248 g/mol. The van der Waals surface area contributed by atoms with Gasteiger partial charge in [0.25, 0.3) is 0 Å². The molecule has 3 nitrogen and oxygen atoms in total. The van der Waals surface area contributed by atoms with Crippen molar-refractivity contribution in [3.8, 4) is 5.75 Å². The van der Waals surface area contributed by atoms with Crippen LogP contribution in [0.1, 0.15) is 5.56 Å². The number of aromatic hydroxyl groups is 1. The molecule has 0 fully saturated rings. The van der Waals surface area contributed by atoms with Crippen LogP contribution in [0.2, 0.25) is 0 Å². The van der Waals surface area contributed by atoms with Gasteiger partial charge in [-0.3, -0.25) is 0 Å². The van der Waals surface area contributed by atoms with Crippen LogP contribution in [-0.4, -0.2) is 5.11 Å². The van der Waals surface area contributed by atoms with Crippen LogP contribution in [0.25, 0.3) is 10.8 Å². The molecular formula is C17H14N2O. The van der Waals surface area contributed by atoms with Crippen LogP contribution < -0.4 is 0 Å². The van der Waals surface area contributed by atoms with Gasteiger partial charge < -0.3 is 5.11 Å². The van der Waals surface area contributed by atoms with Gasteiger partial charge in [0, 0.05) is 5.39 Å². The number of hydrogen-bond acceptors (Lipinski definition) is 3. The predicted molar refractivity (Wildman–Crippen MR) is 80.3 cm³/mol. The molecule has 0 saturated carbocycles. The SMILES string of the molecule is Oc1c(N=NCc2ccccc2)ccc2ccccc12. The van der Waals surface area contributed by atoms with E-state index < -0.39 is 0 Å². The minimum absolute atomic E-state index is 0.180. The van der Waals surface area contributed by atoms with Crippen LogP contribution in [0.3, 0.4) is 0 Å². The third-order valence-electron chi connectivity index (χ3n) is 3.15. The monoisotopic (exact) mass is 262 g/mol. The Morgan fingerprint density at radius 1 is 0.800 bits per heavy atom. The summed E-state index contributed by atoms with van der Waals surface area (Å²) in [7, 11) is 0. The van der Waals surface area contributed by atoms with E-state index in [1.807, 2.05) is 60.7 Å². The summed E-state index contributed by atoms with van der Waals surface area (Å²) >= 11 is 0. The second kappa shape index (κ2) is 5.53. The molecule has 0 heterocycles. The van der Waals surface area contributed by atoms with E-state index in [-0.39, 0.29) is 5.75 Å². The smallest absolute Gasteiger partial charge is 0.150 e. The second-order valence-corrected chi connectivity index (χ2v) is 4.54. The summed E-state index contributed by atoms with van der Waals surface area (Å²) in [5.74, 6) is 0.180. The maximum Gasteiger partial charge on any atom is 0.150 e. The molecule has 98 valence electrons. The molecule has 3 rings (SSSR count). The van der Waals surface area contributed by atoms with Crippen LogP contribution in [-0.2, 0) is 6.54 Å². The fourth-order valence-electron chi connectivity index (χ4n) is 2.10. The zero-order chi connectivity index (χ0) is 13.8. The quantitative estimate of drug-likeness (QED) is 0.675. The van der Waals surface area contributed by atoms with Crippen molar-refractivity contribution in [1.29, 1.82) is 0 Å². The predicted octanol–water partition coefficient (Wildman–Crippen LogP) is 4.83. The third kappa shape index (κ3) is 2.52. The second-order valence-electron chi connectivity index (χ2n) is 4.54.